The molecule has 1 aliphatic carbocycles. The van der Waals surface area contributed by atoms with E-state index in [-0.39, 0.29) is 42.5 Å². The number of amides is 1. The van der Waals surface area contributed by atoms with Crippen LogP contribution >= 0.6 is 0 Å². The summed E-state index contributed by atoms with van der Waals surface area (Å²) in [5, 5.41) is 12.7. The first kappa shape index (κ1) is 17.6. The summed E-state index contributed by atoms with van der Waals surface area (Å²) in [5.41, 5.74) is 0.674. The highest BCUT2D eigenvalue weighted by Gasteiger charge is 2.28. The minimum absolute atomic E-state index is 0.00684. The average molecular weight is 343 g/mol. The van der Waals surface area contributed by atoms with Crippen molar-refractivity contribution in [3.63, 3.8) is 0 Å². The SMILES string of the molecule is CC(CO)C(C)NC(=O)CCc1nc2ccccc2c(=O)n1C1CC1. The predicted molar refractivity (Wildman–Crippen MR) is 96.4 cm³/mol. The van der Waals surface area contributed by atoms with Crippen LogP contribution in [0.2, 0.25) is 0 Å². The maximum atomic E-state index is 12.8. The minimum Gasteiger partial charge on any atom is -0.396 e. The van der Waals surface area contributed by atoms with E-state index in [2.05, 4.69) is 10.3 Å². The Morgan fingerprint density at radius 2 is 2.08 bits per heavy atom. The van der Waals surface area contributed by atoms with E-state index in [0.29, 0.717) is 23.1 Å². The van der Waals surface area contributed by atoms with E-state index in [9.17, 15) is 9.59 Å². The number of aryl methyl sites for hydroxylation is 1. The molecule has 134 valence electrons. The van der Waals surface area contributed by atoms with Crippen LogP contribution in [0.3, 0.4) is 0 Å². The Bertz CT molecular complexity index is 826. The molecule has 2 aromatic rings. The zero-order chi connectivity index (χ0) is 18.0. The molecule has 2 unspecified atom stereocenters. The van der Waals surface area contributed by atoms with E-state index in [4.69, 9.17) is 5.11 Å². The zero-order valence-electron chi connectivity index (χ0n) is 14.7. The number of para-hydroxylation sites is 1. The highest BCUT2D eigenvalue weighted by Crippen LogP contribution is 2.34. The van der Waals surface area contributed by atoms with Gasteiger partial charge in [0, 0.05) is 31.5 Å². The number of carbonyl (C=O) groups is 1. The topological polar surface area (TPSA) is 84.2 Å². The number of aliphatic hydroxyl groups excluding tert-OH is 1. The van der Waals surface area contributed by atoms with Crippen molar-refractivity contribution in [1.29, 1.82) is 0 Å². The summed E-state index contributed by atoms with van der Waals surface area (Å²) < 4.78 is 1.77. The summed E-state index contributed by atoms with van der Waals surface area (Å²) in [4.78, 5) is 29.6. The lowest BCUT2D eigenvalue weighted by atomic mass is 10.1. The zero-order valence-corrected chi connectivity index (χ0v) is 14.7. The third-order valence-electron chi connectivity index (χ3n) is 4.90. The van der Waals surface area contributed by atoms with Crippen LogP contribution in [0, 0.1) is 5.92 Å². The molecule has 1 fully saturated rings. The molecule has 3 rings (SSSR count). The fourth-order valence-electron chi connectivity index (χ4n) is 2.93. The van der Waals surface area contributed by atoms with Gasteiger partial charge in [0.25, 0.3) is 5.56 Å². The molecule has 1 heterocycles. The van der Waals surface area contributed by atoms with Gasteiger partial charge in [0.1, 0.15) is 5.82 Å². The molecule has 1 aliphatic rings. The molecule has 0 bridgehead atoms. The van der Waals surface area contributed by atoms with Gasteiger partial charge in [-0.25, -0.2) is 4.98 Å². The standard InChI is InChI=1S/C19H25N3O3/c1-12(11-23)13(2)20-18(24)10-9-17-21-16-6-4-3-5-15(16)19(25)22(17)14-7-8-14/h3-6,12-14,23H,7-11H2,1-2H3,(H,20,24). The van der Waals surface area contributed by atoms with Crippen LogP contribution in [0.15, 0.2) is 29.1 Å². The van der Waals surface area contributed by atoms with Crippen molar-refractivity contribution >= 4 is 16.8 Å². The number of nitrogens with zero attached hydrogens (tertiary/aromatic N) is 2. The Labute approximate surface area is 146 Å². The van der Waals surface area contributed by atoms with E-state index in [0.717, 1.165) is 12.8 Å². The van der Waals surface area contributed by atoms with Crippen molar-refractivity contribution in [3.8, 4) is 0 Å². The van der Waals surface area contributed by atoms with E-state index in [1.807, 2.05) is 32.0 Å². The van der Waals surface area contributed by atoms with Crippen LogP contribution < -0.4 is 10.9 Å². The van der Waals surface area contributed by atoms with Gasteiger partial charge in [0.05, 0.1) is 10.9 Å². The lowest BCUT2D eigenvalue weighted by Crippen LogP contribution is -2.38. The molecule has 6 nitrogen and oxygen atoms in total. The van der Waals surface area contributed by atoms with Crippen LogP contribution in [-0.2, 0) is 11.2 Å². The number of benzene rings is 1. The van der Waals surface area contributed by atoms with Gasteiger partial charge >= 0.3 is 0 Å². The number of hydrogen-bond acceptors (Lipinski definition) is 4. The highest BCUT2D eigenvalue weighted by atomic mass is 16.3. The molecule has 1 amide bonds. The van der Waals surface area contributed by atoms with E-state index in [1.54, 1.807) is 10.6 Å². The Morgan fingerprint density at radius 3 is 2.76 bits per heavy atom. The molecule has 0 spiro atoms. The second-order valence-corrected chi connectivity index (χ2v) is 6.97. The second kappa shape index (κ2) is 7.35. The van der Waals surface area contributed by atoms with Gasteiger partial charge in [-0.2, -0.15) is 0 Å². The van der Waals surface area contributed by atoms with Gasteiger partial charge in [-0.3, -0.25) is 14.2 Å². The largest absolute Gasteiger partial charge is 0.396 e. The van der Waals surface area contributed by atoms with E-state index < -0.39 is 0 Å². The normalized spacial score (nSPS) is 16.6. The van der Waals surface area contributed by atoms with Gasteiger partial charge < -0.3 is 10.4 Å². The number of carbonyl (C=O) groups excluding carboxylic acids is 1. The predicted octanol–water partition coefficient (Wildman–Crippen LogP) is 1.80. The number of aliphatic hydroxyl groups is 1. The van der Waals surface area contributed by atoms with Crippen LogP contribution in [0.5, 0.6) is 0 Å². The first-order valence-corrected chi connectivity index (χ1v) is 8.91. The van der Waals surface area contributed by atoms with Gasteiger partial charge in [-0.05, 0) is 37.8 Å². The lowest BCUT2D eigenvalue weighted by Gasteiger charge is -2.19. The Morgan fingerprint density at radius 1 is 1.36 bits per heavy atom. The lowest BCUT2D eigenvalue weighted by molar-refractivity contribution is -0.122. The summed E-state index contributed by atoms with van der Waals surface area (Å²) in [7, 11) is 0. The average Bonchev–Trinajstić information content (AvgIpc) is 3.44. The fourth-order valence-corrected chi connectivity index (χ4v) is 2.93. The molecule has 1 saturated carbocycles. The molecule has 0 aliphatic heterocycles. The van der Waals surface area contributed by atoms with Crippen molar-refractivity contribution in [3.05, 3.63) is 40.4 Å². The van der Waals surface area contributed by atoms with Gasteiger partial charge in [-0.1, -0.05) is 19.1 Å². The van der Waals surface area contributed by atoms with E-state index in [1.165, 1.54) is 0 Å². The molecule has 25 heavy (non-hydrogen) atoms. The Hall–Kier alpha value is -2.21. The number of nitrogens with one attached hydrogen (secondary N) is 1. The third-order valence-corrected chi connectivity index (χ3v) is 4.90. The molecular weight excluding hydrogens is 318 g/mol. The number of aromatic nitrogens is 2. The molecule has 1 aromatic carbocycles. The molecule has 0 saturated heterocycles. The van der Waals surface area contributed by atoms with Crippen molar-refractivity contribution in [2.45, 2.75) is 51.6 Å². The second-order valence-electron chi connectivity index (χ2n) is 6.97. The van der Waals surface area contributed by atoms with E-state index >= 15 is 0 Å². The summed E-state index contributed by atoms with van der Waals surface area (Å²) in [5.74, 6) is 0.606. The molecule has 0 radical (unpaired) electrons. The first-order valence-electron chi connectivity index (χ1n) is 8.91. The van der Waals surface area contributed by atoms with Crippen LogP contribution in [0.4, 0.5) is 0 Å². The molecular formula is C19H25N3O3. The van der Waals surface area contributed by atoms with Crippen LogP contribution in [0.1, 0.15) is 45.0 Å². The monoisotopic (exact) mass is 343 g/mol. The molecule has 2 atom stereocenters. The third kappa shape index (κ3) is 3.90. The van der Waals surface area contributed by atoms with Gasteiger partial charge in [0.2, 0.25) is 5.91 Å². The highest BCUT2D eigenvalue weighted by molar-refractivity contribution is 5.78. The van der Waals surface area contributed by atoms with Crippen molar-refractivity contribution in [2.75, 3.05) is 6.61 Å². The van der Waals surface area contributed by atoms with Gasteiger partial charge in [0.15, 0.2) is 0 Å². The number of fused-ring (bicyclic) bond motifs is 1. The van der Waals surface area contributed by atoms with Gasteiger partial charge in [-0.15, -0.1) is 0 Å². The summed E-state index contributed by atoms with van der Waals surface area (Å²) in [6.07, 6.45) is 2.69. The summed E-state index contributed by atoms with van der Waals surface area (Å²) >= 11 is 0. The van der Waals surface area contributed by atoms with Crippen molar-refractivity contribution < 1.29 is 9.90 Å². The maximum absolute atomic E-state index is 12.8. The van der Waals surface area contributed by atoms with Crippen molar-refractivity contribution in [1.82, 2.24) is 14.9 Å². The van der Waals surface area contributed by atoms with Crippen LogP contribution in [0.25, 0.3) is 10.9 Å². The molecule has 1 aromatic heterocycles. The quantitative estimate of drug-likeness (QED) is 0.803. The summed E-state index contributed by atoms with van der Waals surface area (Å²) in [6, 6.07) is 7.48. The number of hydrogen-bond donors (Lipinski definition) is 2. The smallest absolute Gasteiger partial charge is 0.261 e. The first-order chi connectivity index (χ1) is 12.0. The minimum atomic E-state index is -0.0901. The Kier molecular flexibility index (Phi) is 5.18. The summed E-state index contributed by atoms with van der Waals surface area (Å²) in [6.45, 7) is 3.81. The number of rotatable bonds is 7. The molecule has 2 N–H and O–H groups in total. The van der Waals surface area contributed by atoms with Crippen molar-refractivity contribution in [2.24, 2.45) is 5.92 Å². The van der Waals surface area contributed by atoms with Crippen LogP contribution in [-0.4, -0.2) is 33.2 Å². The Balaban J connectivity index is 1.78. The maximum Gasteiger partial charge on any atom is 0.261 e. The fraction of sp³-hybridized carbons (Fsp3) is 0.526. The molecule has 6 heteroatoms.